The van der Waals surface area contributed by atoms with Gasteiger partial charge in [-0.05, 0) is 31.7 Å². The van der Waals surface area contributed by atoms with E-state index < -0.39 is 0 Å². The lowest BCUT2D eigenvalue weighted by Crippen LogP contribution is -2.40. The van der Waals surface area contributed by atoms with Crippen LogP contribution in [0.2, 0.25) is 0 Å². The fraction of sp³-hybridized carbons (Fsp3) is 0.579. The number of hydrogen-bond acceptors (Lipinski definition) is 3. The van der Waals surface area contributed by atoms with Gasteiger partial charge < -0.3 is 15.0 Å². The SMILES string of the molecule is CCNC(=NCCc1cccc(C)c1)N1CC(C)C(C(=O)OC)C1. The smallest absolute Gasteiger partial charge is 0.310 e. The minimum absolute atomic E-state index is 0.0735. The Morgan fingerprint density at radius 1 is 1.42 bits per heavy atom. The van der Waals surface area contributed by atoms with E-state index in [0.29, 0.717) is 6.54 Å². The van der Waals surface area contributed by atoms with Crippen molar-refractivity contribution in [1.29, 1.82) is 0 Å². The van der Waals surface area contributed by atoms with Crippen LogP contribution in [0.1, 0.15) is 25.0 Å². The highest BCUT2D eigenvalue weighted by Gasteiger charge is 2.36. The highest BCUT2D eigenvalue weighted by Crippen LogP contribution is 2.24. The van der Waals surface area contributed by atoms with E-state index >= 15 is 0 Å². The van der Waals surface area contributed by atoms with Crippen molar-refractivity contribution in [1.82, 2.24) is 10.2 Å². The van der Waals surface area contributed by atoms with Crippen molar-refractivity contribution in [3.63, 3.8) is 0 Å². The van der Waals surface area contributed by atoms with Gasteiger partial charge in [0.2, 0.25) is 0 Å². The summed E-state index contributed by atoms with van der Waals surface area (Å²) >= 11 is 0. The Labute approximate surface area is 145 Å². The van der Waals surface area contributed by atoms with Crippen molar-refractivity contribution >= 4 is 11.9 Å². The van der Waals surface area contributed by atoms with Gasteiger partial charge in [0, 0.05) is 26.2 Å². The Morgan fingerprint density at radius 3 is 2.88 bits per heavy atom. The number of carbonyl (C=O) groups excluding carboxylic acids is 1. The summed E-state index contributed by atoms with van der Waals surface area (Å²) in [5.41, 5.74) is 2.58. The van der Waals surface area contributed by atoms with E-state index in [4.69, 9.17) is 9.73 Å². The third kappa shape index (κ3) is 4.73. The van der Waals surface area contributed by atoms with Crippen LogP contribution in [0.5, 0.6) is 0 Å². The maximum absolute atomic E-state index is 11.9. The molecule has 0 saturated carbocycles. The number of guanidine groups is 1. The molecular formula is C19H29N3O2. The molecule has 2 unspecified atom stereocenters. The van der Waals surface area contributed by atoms with Crippen molar-refractivity contribution in [2.24, 2.45) is 16.8 Å². The van der Waals surface area contributed by atoms with Gasteiger partial charge in [-0.1, -0.05) is 36.8 Å². The summed E-state index contributed by atoms with van der Waals surface area (Å²) in [6, 6.07) is 8.53. The second-order valence-corrected chi connectivity index (χ2v) is 6.49. The molecule has 0 aromatic heterocycles. The Balaban J connectivity index is 1.99. The third-order valence-corrected chi connectivity index (χ3v) is 4.50. The molecule has 24 heavy (non-hydrogen) atoms. The molecule has 2 rings (SSSR count). The standard InChI is InChI=1S/C19H29N3O2/c1-5-20-19(21-10-9-16-8-6-7-14(2)11-16)22-12-15(3)17(13-22)18(23)24-4/h6-8,11,15,17H,5,9-10,12-13H2,1-4H3,(H,20,21). The summed E-state index contributed by atoms with van der Waals surface area (Å²) in [6.07, 6.45) is 0.917. The number of likely N-dealkylation sites (tertiary alicyclic amines) is 1. The number of hydrogen-bond donors (Lipinski definition) is 1. The molecule has 0 amide bonds. The molecule has 0 bridgehead atoms. The van der Waals surface area contributed by atoms with Crippen LogP contribution in [-0.4, -0.2) is 50.1 Å². The van der Waals surface area contributed by atoms with Crippen LogP contribution in [0.3, 0.4) is 0 Å². The van der Waals surface area contributed by atoms with Crippen LogP contribution in [0.25, 0.3) is 0 Å². The number of rotatable bonds is 5. The zero-order chi connectivity index (χ0) is 17.5. The lowest BCUT2D eigenvalue weighted by atomic mass is 9.99. The summed E-state index contributed by atoms with van der Waals surface area (Å²) in [5, 5.41) is 3.34. The number of methoxy groups -OCH3 is 1. The molecule has 0 radical (unpaired) electrons. The number of aliphatic imine (C=N–C) groups is 1. The van der Waals surface area contributed by atoms with Crippen LogP contribution in [0.15, 0.2) is 29.3 Å². The van der Waals surface area contributed by atoms with Crippen LogP contribution < -0.4 is 5.32 Å². The lowest BCUT2D eigenvalue weighted by molar-refractivity contribution is -0.145. The maximum Gasteiger partial charge on any atom is 0.310 e. The fourth-order valence-electron chi connectivity index (χ4n) is 3.18. The van der Waals surface area contributed by atoms with E-state index in [0.717, 1.165) is 32.0 Å². The summed E-state index contributed by atoms with van der Waals surface area (Å²) < 4.78 is 4.92. The third-order valence-electron chi connectivity index (χ3n) is 4.50. The van der Waals surface area contributed by atoms with Gasteiger partial charge in [0.15, 0.2) is 5.96 Å². The molecule has 132 valence electrons. The average molecular weight is 331 g/mol. The number of aryl methyl sites for hydroxylation is 1. The first-order chi connectivity index (χ1) is 11.5. The van der Waals surface area contributed by atoms with Crippen molar-refractivity contribution < 1.29 is 9.53 Å². The molecule has 2 atom stereocenters. The topological polar surface area (TPSA) is 53.9 Å². The second kappa shape index (κ2) is 8.71. The Kier molecular flexibility index (Phi) is 6.64. The van der Waals surface area contributed by atoms with Gasteiger partial charge >= 0.3 is 5.97 Å². The molecule has 0 aliphatic carbocycles. The molecule has 5 heteroatoms. The first kappa shape index (κ1) is 18.3. The van der Waals surface area contributed by atoms with E-state index in [1.54, 1.807) is 0 Å². The fourth-order valence-corrected chi connectivity index (χ4v) is 3.18. The van der Waals surface area contributed by atoms with Gasteiger partial charge in [-0.25, -0.2) is 0 Å². The maximum atomic E-state index is 11.9. The zero-order valence-electron chi connectivity index (χ0n) is 15.2. The number of esters is 1. The van der Waals surface area contributed by atoms with Crippen LogP contribution in [0, 0.1) is 18.8 Å². The molecule has 1 aromatic rings. The highest BCUT2D eigenvalue weighted by atomic mass is 16.5. The van der Waals surface area contributed by atoms with Crippen LogP contribution >= 0.6 is 0 Å². The Morgan fingerprint density at radius 2 is 2.21 bits per heavy atom. The number of nitrogens with one attached hydrogen (secondary N) is 1. The molecule has 1 aliphatic rings. The summed E-state index contributed by atoms with van der Waals surface area (Å²) in [7, 11) is 1.46. The first-order valence-corrected chi connectivity index (χ1v) is 8.71. The molecule has 0 spiro atoms. The van der Waals surface area contributed by atoms with E-state index in [1.165, 1.54) is 18.2 Å². The zero-order valence-corrected chi connectivity index (χ0v) is 15.2. The molecule has 1 aromatic carbocycles. The predicted molar refractivity (Wildman–Crippen MR) is 97.1 cm³/mol. The molecule has 1 N–H and O–H groups in total. The van der Waals surface area contributed by atoms with Gasteiger partial charge in [0.05, 0.1) is 13.0 Å². The van der Waals surface area contributed by atoms with E-state index in [1.807, 2.05) is 0 Å². The molecule has 1 saturated heterocycles. The molecule has 1 fully saturated rings. The first-order valence-electron chi connectivity index (χ1n) is 8.71. The van der Waals surface area contributed by atoms with E-state index in [9.17, 15) is 4.79 Å². The predicted octanol–water partition coefficient (Wildman–Crippen LogP) is 2.24. The Bertz CT molecular complexity index is 586. The van der Waals surface area contributed by atoms with Gasteiger partial charge in [-0.15, -0.1) is 0 Å². The average Bonchev–Trinajstić information content (AvgIpc) is 2.95. The van der Waals surface area contributed by atoms with Crippen molar-refractivity contribution in [3.05, 3.63) is 35.4 Å². The number of nitrogens with zero attached hydrogens (tertiary/aromatic N) is 2. The Hall–Kier alpha value is -2.04. The summed E-state index contributed by atoms with van der Waals surface area (Å²) in [4.78, 5) is 18.8. The minimum atomic E-state index is -0.124. The summed E-state index contributed by atoms with van der Waals surface area (Å²) in [6.45, 7) is 9.32. The number of ether oxygens (including phenoxy) is 1. The molecule has 1 heterocycles. The molecule has 1 aliphatic heterocycles. The van der Waals surface area contributed by atoms with Gasteiger partial charge in [0.25, 0.3) is 0 Å². The van der Waals surface area contributed by atoms with E-state index in [-0.39, 0.29) is 17.8 Å². The number of benzene rings is 1. The van der Waals surface area contributed by atoms with Crippen LogP contribution in [0.4, 0.5) is 0 Å². The van der Waals surface area contributed by atoms with Crippen LogP contribution in [-0.2, 0) is 16.0 Å². The lowest BCUT2D eigenvalue weighted by Gasteiger charge is -2.21. The van der Waals surface area contributed by atoms with Gasteiger partial charge in [-0.2, -0.15) is 0 Å². The van der Waals surface area contributed by atoms with Crippen molar-refractivity contribution in [3.8, 4) is 0 Å². The second-order valence-electron chi connectivity index (χ2n) is 6.49. The summed E-state index contributed by atoms with van der Waals surface area (Å²) in [5.74, 6) is 0.970. The van der Waals surface area contributed by atoms with Crippen molar-refractivity contribution in [2.45, 2.75) is 27.2 Å². The largest absolute Gasteiger partial charge is 0.469 e. The van der Waals surface area contributed by atoms with Gasteiger partial charge in [-0.3, -0.25) is 9.79 Å². The van der Waals surface area contributed by atoms with Gasteiger partial charge in [0.1, 0.15) is 0 Å². The van der Waals surface area contributed by atoms with Crippen molar-refractivity contribution in [2.75, 3.05) is 33.3 Å². The monoisotopic (exact) mass is 331 g/mol. The molecular weight excluding hydrogens is 302 g/mol. The molecule has 5 nitrogen and oxygen atoms in total. The quantitative estimate of drug-likeness (QED) is 0.511. The highest BCUT2D eigenvalue weighted by molar-refractivity contribution is 5.82. The minimum Gasteiger partial charge on any atom is -0.469 e. The van der Waals surface area contributed by atoms with E-state index in [2.05, 4.69) is 55.3 Å². The normalized spacial score (nSPS) is 21.0. The number of carbonyl (C=O) groups is 1.